The molecule has 0 spiro atoms. The van der Waals surface area contributed by atoms with E-state index in [2.05, 4.69) is 40.1 Å². The normalized spacial score (nSPS) is 17.6. The molecule has 0 saturated carbocycles. The molecular formula is C9H20N+. The molecule has 0 radical (unpaired) electrons. The maximum atomic E-state index is 2.27. The summed E-state index contributed by atoms with van der Waals surface area (Å²) in [7, 11) is 2.27. The summed E-state index contributed by atoms with van der Waals surface area (Å²) in [6, 6.07) is 0. The van der Waals surface area contributed by atoms with E-state index < -0.39 is 0 Å². The molecule has 1 heteroatoms. The summed E-state index contributed by atoms with van der Waals surface area (Å²) in [5.74, 6) is 0. The Hall–Kier alpha value is -0.300. The van der Waals surface area contributed by atoms with E-state index in [-0.39, 0.29) is 0 Å². The van der Waals surface area contributed by atoms with Crippen molar-refractivity contribution in [1.29, 1.82) is 0 Å². The number of quaternary nitrogens is 1. The van der Waals surface area contributed by atoms with Crippen molar-refractivity contribution in [2.75, 3.05) is 20.1 Å². The van der Waals surface area contributed by atoms with E-state index in [1.165, 1.54) is 19.5 Å². The molecule has 1 atom stereocenters. The first-order valence-electron chi connectivity index (χ1n) is 4.16. The molecule has 0 saturated heterocycles. The number of hydrogen-bond donors (Lipinski definition) is 0. The molecule has 0 rings (SSSR count). The van der Waals surface area contributed by atoms with Crippen LogP contribution in [0.5, 0.6) is 0 Å². The van der Waals surface area contributed by atoms with E-state index >= 15 is 0 Å². The minimum absolute atomic E-state index is 1.08. The maximum Gasteiger partial charge on any atom is 0.0913 e. The number of allylic oxidation sites excluding steroid dienone is 1. The van der Waals surface area contributed by atoms with E-state index in [1.54, 1.807) is 0 Å². The summed E-state index contributed by atoms with van der Waals surface area (Å²) in [5, 5.41) is 0. The molecule has 0 aliphatic heterocycles. The van der Waals surface area contributed by atoms with Crippen LogP contribution in [0, 0.1) is 0 Å². The van der Waals surface area contributed by atoms with Gasteiger partial charge in [-0.1, -0.05) is 6.92 Å². The van der Waals surface area contributed by atoms with Crippen LogP contribution in [0.1, 0.15) is 27.2 Å². The molecule has 60 valence electrons. The molecule has 0 amide bonds. The second kappa shape index (κ2) is 4.51. The van der Waals surface area contributed by atoms with Crippen LogP contribution in [0.2, 0.25) is 0 Å². The molecule has 0 aliphatic rings. The molecule has 0 fully saturated rings. The van der Waals surface area contributed by atoms with E-state index in [1.807, 2.05) is 0 Å². The molecule has 1 unspecified atom stereocenters. The molecule has 0 N–H and O–H groups in total. The molecule has 0 heterocycles. The Labute approximate surface area is 64.9 Å². The molecule has 10 heavy (non-hydrogen) atoms. The van der Waals surface area contributed by atoms with E-state index in [0.717, 1.165) is 4.48 Å². The van der Waals surface area contributed by atoms with Gasteiger partial charge in [-0.05, 0) is 26.3 Å². The summed E-state index contributed by atoms with van der Waals surface area (Å²) < 4.78 is 1.08. The summed E-state index contributed by atoms with van der Waals surface area (Å²) in [5.41, 5.74) is 0. The van der Waals surface area contributed by atoms with Gasteiger partial charge in [-0.3, -0.25) is 0 Å². The summed E-state index contributed by atoms with van der Waals surface area (Å²) >= 11 is 0. The first-order chi connectivity index (χ1) is 4.68. The predicted molar refractivity (Wildman–Crippen MR) is 46.7 cm³/mol. The van der Waals surface area contributed by atoms with Crippen molar-refractivity contribution in [3.05, 3.63) is 12.3 Å². The van der Waals surface area contributed by atoms with Crippen molar-refractivity contribution in [1.82, 2.24) is 0 Å². The first-order valence-corrected chi connectivity index (χ1v) is 4.16. The highest BCUT2D eigenvalue weighted by molar-refractivity contribution is 4.66. The Kier molecular flexibility index (Phi) is 4.37. The minimum Gasteiger partial charge on any atom is -0.300 e. The zero-order valence-corrected chi connectivity index (χ0v) is 7.72. The monoisotopic (exact) mass is 142 g/mol. The fraction of sp³-hybridized carbons (Fsp3) is 0.778. The lowest BCUT2D eigenvalue weighted by Crippen LogP contribution is -2.38. The number of nitrogens with zero attached hydrogens (tertiary/aromatic N) is 1. The molecule has 0 aliphatic carbocycles. The Morgan fingerprint density at radius 1 is 1.30 bits per heavy atom. The Morgan fingerprint density at radius 2 is 1.90 bits per heavy atom. The standard InChI is InChI=1S/C9H20N/c1-5-8-10(4,7-3)9-6-2/h5,8H,6-7,9H2,1-4H3/q+1. The fourth-order valence-corrected chi connectivity index (χ4v) is 1.21. The number of rotatable bonds is 4. The van der Waals surface area contributed by atoms with Crippen LogP contribution in [0.25, 0.3) is 0 Å². The molecule has 1 nitrogen and oxygen atoms in total. The molecule has 0 aromatic heterocycles. The first kappa shape index (κ1) is 9.70. The van der Waals surface area contributed by atoms with Crippen LogP contribution in [0.15, 0.2) is 12.3 Å². The highest BCUT2D eigenvalue weighted by Gasteiger charge is 2.12. The van der Waals surface area contributed by atoms with Crippen molar-refractivity contribution in [3.8, 4) is 0 Å². The topological polar surface area (TPSA) is 0 Å². The van der Waals surface area contributed by atoms with Crippen LogP contribution >= 0.6 is 0 Å². The maximum absolute atomic E-state index is 2.27. The summed E-state index contributed by atoms with van der Waals surface area (Å²) in [4.78, 5) is 0. The highest BCUT2D eigenvalue weighted by Crippen LogP contribution is 2.03. The molecule has 0 aromatic rings. The van der Waals surface area contributed by atoms with Gasteiger partial charge in [0.25, 0.3) is 0 Å². The molecule has 0 bridgehead atoms. The smallest absolute Gasteiger partial charge is 0.0913 e. The Balaban J connectivity index is 3.94. The number of hydrogen-bond acceptors (Lipinski definition) is 0. The van der Waals surface area contributed by atoms with Gasteiger partial charge in [0.05, 0.1) is 26.3 Å². The van der Waals surface area contributed by atoms with Gasteiger partial charge in [-0.15, -0.1) is 0 Å². The second-order valence-electron chi connectivity index (χ2n) is 3.00. The third kappa shape index (κ3) is 3.02. The fourth-order valence-electron chi connectivity index (χ4n) is 1.21. The lowest BCUT2D eigenvalue weighted by atomic mass is 10.3. The van der Waals surface area contributed by atoms with Crippen molar-refractivity contribution in [2.24, 2.45) is 0 Å². The van der Waals surface area contributed by atoms with Gasteiger partial charge >= 0.3 is 0 Å². The Bertz CT molecular complexity index is 107. The van der Waals surface area contributed by atoms with Crippen molar-refractivity contribution in [2.45, 2.75) is 27.2 Å². The lowest BCUT2D eigenvalue weighted by molar-refractivity contribution is -0.857. The largest absolute Gasteiger partial charge is 0.300 e. The van der Waals surface area contributed by atoms with Crippen LogP contribution in [-0.4, -0.2) is 24.6 Å². The van der Waals surface area contributed by atoms with Crippen molar-refractivity contribution in [3.63, 3.8) is 0 Å². The zero-order chi connectivity index (χ0) is 8.04. The quantitative estimate of drug-likeness (QED) is 0.529. The summed E-state index contributed by atoms with van der Waals surface area (Å²) in [6.07, 6.45) is 5.66. The lowest BCUT2D eigenvalue weighted by Gasteiger charge is -2.28. The summed E-state index contributed by atoms with van der Waals surface area (Å²) in [6.45, 7) is 8.99. The van der Waals surface area contributed by atoms with E-state index in [9.17, 15) is 0 Å². The third-order valence-corrected chi connectivity index (χ3v) is 1.97. The zero-order valence-electron chi connectivity index (χ0n) is 7.72. The van der Waals surface area contributed by atoms with E-state index in [0.29, 0.717) is 0 Å². The average molecular weight is 142 g/mol. The van der Waals surface area contributed by atoms with Crippen LogP contribution in [-0.2, 0) is 0 Å². The van der Waals surface area contributed by atoms with Crippen molar-refractivity contribution >= 4 is 0 Å². The highest BCUT2D eigenvalue weighted by atomic mass is 15.3. The Morgan fingerprint density at radius 3 is 2.20 bits per heavy atom. The SMILES string of the molecule is CC=C[N+](C)(CC)CCC. The van der Waals surface area contributed by atoms with Crippen LogP contribution in [0.3, 0.4) is 0 Å². The van der Waals surface area contributed by atoms with Gasteiger partial charge in [-0.25, -0.2) is 0 Å². The predicted octanol–water partition coefficient (Wildman–Crippen LogP) is 2.40. The van der Waals surface area contributed by atoms with Gasteiger partial charge in [0, 0.05) is 0 Å². The van der Waals surface area contributed by atoms with Crippen LogP contribution < -0.4 is 0 Å². The molecular weight excluding hydrogens is 122 g/mol. The molecule has 0 aromatic carbocycles. The average Bonchev–Trinajstić information content (AvgIpc) is 1.89. The van der Waals surface area contributed by atoms with Gasteiger partial charge in [-0.2, -0.15) is 0 Å². The minimum atomic E-state index is 1.08. The van der Waals surface area contributed by atoms with Gasteiger partial charge < -0.3 is 4.48 Å². The van der Waals surface area contributed by atoms with Crippen LogP contribution in [0.4, 0.5) is 0 Å². The van der Waals surface area contributed by atoms with Gasteiger partial charge in [0.1, 0.15) is 0 Å². The van der Waals surface area contributed by atoms with Gasteiger partial charge in [0.15, 0.2) is 0 Å². The second-order valence-corrected chi connectivity index (χ2v) is 3.00. The van der Waals surface area contributed by atoms with Gasteiger partial charge in [0.2, 0.25) is 0 Å². The third-order valence-electron chi connectivity index (χ3n) is 1.97. The van der Waals surface area contributed by atoms with Crippen molar-refractivity contribution < 1.29 is 4.48 Å². The van der Waals surface area contributed by atoms with E-state index in [4.69, 9.17) is 0 Å².